The van der Waals surface area contributed by atoms with Crippen LogP contribution in [0.3, 0.4) is 0 Å². The smallest absolute Gasteiger partial charge is 0.0780 e. The second kappa shape index (κ2) is 6.57. The number of nitrogen functional groups attached to an aromatic ring is 1. The standard InChI is InChI=1S/C22H20N2/c1-4-16(3)20-14-17(10-11-21(20)23)19-9-6-12-24-22(19)18-8-5-7-15(2)13-18/h5-14H,1,23H2,2-3H3. The monoisotopic (exact) mass is 312 g/mol. The molecule has 0 spiro atoms. The van der Waals surface area contributed by atoms with Gasteiger partial charge in [0.2, 0.25) is 0 Å². The molecule has 0 saturated heterocycles. The molecule has 24 heavy (non-hydrogen) atoms. The maximum Gasteiger partial charge on any atom is 0.0780 e. The zero-order valence-electron chi connectivity index (χ0n) is 14.0. The van der Waals surface area contributed by atoms with E-state index in [1.807, 2.05) is 31.3 Å². The summed E-state index contributed by atoms with van der Waals surface area (Å²) in [6, 6.07) is 18.5. The molecule has 3 aromatic rings. The van der Waals surface area contributed by atoms with Gasteiger partial charge in [-0.15, -0.1) is 5.73 Å². The first kappa shape index (κ1) is 15.8. The van der Waals surface area contributed by atoms with Crippen molar-refractivity contribution in [3.63, 3.8) is 0 Å². The zero-order chi connectivity index (χ0) is 17.1. The van der Waals surface area contributed by atoms with E-state index in [0.717, 1.165) is 39.2 Å². The number of nitrogens with two attached hydrogens (primary N) is 1. The van der Waals surface area contributed by atoms with Crippen molar-refractivity contribution in [2.75, 3.05) is 5.73 Å². The molecule has 3 rings (SSSR count). The lowest BCUT2D eigenvalue weighted by molar-refractivity contribution is 1.32. The Bertz CT molecular complexity index is 948. The van der Waals surface area contributed by atoms with Gasteiger partial charge in [0.25, 0.3) is 0 Å². The summed E-state index contributed by atoms with van der Waals surface area (Å²) in [5, 5.41) is 0. The lowest BCUT2D eigenvalue weighted by atomic mass is 9.95. The SMILES string of the molecule is C=C=C(C)c1cc(-c2cccnc2-c2cccc(C)c2)ccc1N. The number of pyridine rings is 1. The number of benzene rings is 2. The van der Waals surface area contributed by atoms with Gasteiger partial charge in [-0.2, -0.15) is 0 Å². The van der Waals surface area contributed by atoms with Gasteiger partial charge >= 0.3 is 0 Å². The van der Waals surface area contributed by atoms with Crippen molar-refractivity contribution in [3.8, 4) is 22.4 Å². The number of nitrogens with zero attached hydrogens (tertiary/aromatic N) is 1. The molecule has 0 aliphatic rings. The molecule has 0 bridgehead atoms. The van der Waals surface area contributed by atoms with Gasteiger partial charge in [0.15, 0.2) is 0 Å². The molecule has 2 nitrogen and oxygen atoms in total. The Kier molecular flexibility index (Phi) is 4.33. The average Bonchev–Trinajstić information content (AvgIpc) is 2.61. The van der Waals surface area contributed by atoms with E-state index in [-0.39, 0.29) is 0 Å². The van der Waals surface area contributed by atoms with E-state index in [4.69, 9.17) is 5.73 Å². The molecule has 0 radical (unpaired) electrons. The minimum absolute atomic E-state index is 0.730. The van der Waals surface area contributed by atoms with Crippen LogP contribution in [-0.4, -0.2) is 4.98 Å². The molecular weight excluding hydrogens is 292 g/mol. The third-order valence-corrected chi connectivity index (χ3v) is 4.13. The predicted molar refractivity (Wildman–Crippen MR) is 102 cm³/mol. The highest BCUT2D eigenvalue weighted by Crippen LogP contribution is 2.33. The number of rotatable bonds is 3. The van der Waals surface area contributed by atoms with Crippen LogP contribution in [-0.2, 0) is 0 Å². The number of aryl methyl sites for hydroxylation is 1. The molecule has 118 valence electrons. The first-order valence-electron chi connectivity index (χ1n) is 7.89. The largest absolute Gasteiger partial charge is 0.398 e. The molecule has 1 heterocycles. The van der Waals surface area contributed by atoms with Crippen molar-refractivity contribution in [2.24, 2.45) is 0 Å². The Morgan fingerprint density at radius 1 is 1.04 bits per heavy atom. The van der Waals surface area contributed by atoms with Crippen molar-refractivity contribution in [1.82, 2.24) is 4.98 Å². The third kappa shape index (κ3) is 3.01. The average molecular weight is 312 g/mol. The lowest BCUT2D eigenvalue weighted by Gasteiger charge is -2.12. The molecule has 0 saturated carbocycles. The molecule has 0 fully saturated rings. The summed E-state index contributed by atoms with van der Waals surface area (Å²) in [5.74, 6) is 0. The van der Waals surface area contributed by atoms with E-state index >= 15 is 0 Å². The first-order chi connectivity index (χ1) is 11.6. The van der Waals surface area contributed by atoms with E-state index in [1.165, 1.54) is 5.56 Å². The molecule has 1 aromatic heterocycles. The van der Waals surface area contributed by atoms with Gasteiger partial charge in [-0.25, -0.2) is 0 Å². The van der Waals surface area contributed by atoms with Crippen LogP contribution >= 0.6 is 0 Å². The van der Waals surface area contributed by atoms with Gasteiger partial charge in [-0.05, 0) is 49.2 Å². The van der Waals surface area contributed by atoms with Crippen LogP contribution in [0.5, 0.6) is 0 Å². The van der Waals surface area contributed by atoms with Gasteiger partial charge in [-0.3, -0.25) is 4.98 Å². The van der Waals surface area contributed by atoms with Gasteiger partial charge in [0, 0.05) is 28.6 Å². The predicted octanol–water partition coefficient (Wildman–Crippen LogP) is 5.49. The quantitative estimate of drug-likeness (QED) is 0.512. The summed E-state index contributed by atoms with van der Waals surface area (Å²) in [6.45, 7) is 7.78. The fourth-order valence-corrected chi connectivity index (χ4v) is 2.80. The Morgan fingerprint density at radius 3 is 2.62 bits per heavy atom. The van der Waals surface area contributed by atoms with Crippen molar-refractivity contribution < 1.29 is 0 Å². The Balaban J connectivity index is 2.20. The van der Waals surface area contributed by atoms with Gasteiger partial charge in [0.05, 0.1) is 5.69 Å². The second-order valence-electron chi connectivity index (χ2n) is 5.87. The van der Waals surface area contributed by atoms with Crippen LogP contribution in [0.25, 0.3) is 28.0 Å². The molecule has 0 amide bonds. The van der Waals surface area contributed by atoms with E-state index in [0.29, 0.717) is 0 Å². The van der Waals surface area contributed by atoms with Gasteiger partial charge in [0.1, 0.15) is 0 Å². The topological polar surface area (TPSA) is 38.9 Å². The van der Waals surface area contributed by atoms with E-state index in [9.17, 15) is 0 Å². The molecule has 0 aliphatic heterocycles. The van der Waals surface area contributed by atoms with Crippen molar-refractivity contribution in [2.45, 2.75) is 13.8 Å². The van der Waals surface area contributed by atoms with Crippen LogP contribution in [0.15, 0.2) is 73.1 Å². The highest BCUT2D eigenvalue weighted by Gasteiger charge is 2.11. The first-order valence-corrected chi connectivity index (χ1v) is 7.89. The molecule has 2 heteroatoms. The van der Waals surface area contributed by atoms with Crippen LogP contribution in [0.4, 0.5) is 5.69 Å². The zero-order valence-corrected chi connectivity index (χ0v) is 14.0. The van der Waals surface area contributed by atoms with Crippen LogP contribution in [0.1, 0.15) is 18.1 Å². The highest BCUT2D eigenvalue weighted by atomic mass is 14.7. The Labute approximate surface area is 143 Å². The number of allylic oxidation sites excluding steroid dienone is 1. The number of hydrogen-bond acceptors (Lipinski definition) is 2. The number of aromatic nitrogens is 1. The molecule has 0 aliphatic carbocycles. The van der Waals surface area contributed by atoms with Crippen LogP contribution in [0.2, 0.25) is 0 Å². The maximum atomic E-state index is 6.11. The highest BCUT2D eigenvalue weighted by molar-refractivity contribution is 5.85. The normalized spacial score (nSPS) is 10.2. The molecule has 0 atom stereocenters. The van der Waals surface area contributed by atoms with E-state index in [2.05, 4.69) is 60.6 Å². The molecule has 2 N–H and O–H groups in total. The minimum atomic E-state index is 0.730. The summed E-state index contributed by atoms with van der Waals surface area (Å²) in [6.07, 6.45) is 1.83. The summed E-state index contributed by atoms with van der Waals surface area (Å²) in [4.78, 5) is 4.62. The summed E-state index contributed by atoms with van der Waals surface area (Å²) >= 11 is 0. The maximum absolute atomic E-state index is 6.11. The summed E-state index contributed by atoms with van der Waals surface area (Å²) < 4.78 is 0. The Hall–Kier alpha value is -3.09. The molecule has 0 unspecified atom stereocenters. The summed E-state index contributed by atoms with van der Waals surface area (Å²) in [7, 11) is 0. The second-order valence-corrected chi connectivity index (χ2v) is 5.87. The van der Waals surface area contributed by atoms with Gasteiger partial charge in [-0.1, -0.05) is 42.5 Å². The number of anilines is 1. The fraction of sp³-hybridized carbons (Fsp3) is 0.0909. The fourth-order valence-electron chi connectivity index (χ4n) is 2.80. The summed E-state index contributed by atoms with van der Waals surface area (Å²) in [5.41, 5.74) is 17.1. The van der Waals surface area contributed by atoms with E-state index < -0.39 is 0 Å². The third-order valence-electron chi connectivity index (χ3n) is 4.13. The minimum Gasteiger partial charge on any atom is -0.398 e. The van der Waals surface area contributed by atoms with Crippen molar-refractivity contribution in [3.05, 3.63) is 84.2 Å². The lowest BCUT2D eigenvalue weighted by Crippen LogP contribution is -1.94. The number of hydrogen-bond donors (Lipinski definition) is 1. The van der Waals surface area contributed by atoms with Crippen molar-refractivity contribution in [1.29, 1.82) is 0 Å². The van der Waals surface area contributed by atoms with E-state index in [1.54, 1.807) is 0 Å². The molecule has 2 aromatic carbocycles. The molecular formula is C22H20N2. The van der Waals surface area contributed by atoms with Crippen LogP contribution < -0.4 is 5.73 Å². The Morgan fingerprint density at radius 2 is 1.88 bits per heavy atom. The van der Waals surface area contributed by atoms with Gasteiger partial charge < -0.3 is 5.73 Å². The van der Waals surface area contributed by atoms with Crippen molar-refractivity contribution >= 4 is 11.3 Å². The van der Waals surface area contributed by atoms with Crippen LogP contribution in [0, 0.1) is 6.92 Å².